The molecular weight excluding hydrogens is 472 g/mol. The Morgan fingerprint density at radius 1 is 0.917 bits per heavy atom. The monoisotopic (exact) mass is 524 g/mol. The molecule has 3 saturated heterocycles. The van der Waals surface area contributed by atoms with Gasteiger partial charge in [-0.15, -0.1) is 0 Å². The maximum atomic E-state index is 13.8. The van der Waals surface area contributed by atoms with E-state index in [1.54, 1.807) is 5.01 Å². The third-order valence-electron chi connectivity index (χ3n) is 11.2. The predicted molar refractivity (Wildman–Crippen MR) is 144 cm³/mol. The molecule has 0 aromatic heterocycles. The summed E-state index contributed by atoms with van der Waals surface area (Å²) in [6, 6.07) is 0.648. The molecule has 3 heterocycles. The van der Waals surface area contributed by atoms with Gasteiger partial charge in [-0.25, -0.2) is 13.4 Å². The molecular formula is C28H52N4O3S. The van der Waals surface area contributed by atoms with Crippen molar-refractivity contribution in [3.8, 4) is 0 Å². The van der Waals surface area contributed by atoms with Crippen LogP contribution in [0.4, 0.5) is 0 Å². The number of aliphatic hydroxyl groups is 1. The maximum absolute atomic E-state index is 13.8. The Kier molecular flexibility index (Phi) is 8.41. The number of fused-ring (bicyclic) bond motifs is 1. The highest BCUT2D eigenvalue weighted by Gasteiger charge is 2.54. The Balaban J connectivity index is 1.27. The number of hydrogen-bond donors (Lipinski definition) is 2. The summed E-state index contributed by atoms with van der Waals surface area (Å²) in [6.07, 6.45) is 11.9. The molecule has 0 bridgehead atoms. The molecule has 2 aliphatic carbocycles. The lowest BCUT2D eigenvalue weighted by Crippen LogP contribution is -2.71. The summed E-state index contributed by atoms with van der Waals surface area (Å²) in [4.78, 5) is 2.46. The average Bonchev–Trinajstić information content (AvgIpc) is 3.19. The normalized spacial score (nSPS) is 46.0. The summed E-state index contributed by atoms with van der Waals surface area (Å²) in [5.74, 6) is 4.51. The van der Waals surface area contributed by atoms with Crippen LogP contribution in [0.5, 0.6) is 0 Å². The van der Waals surface area contributed by atoms with Crippen LogP contribution in [0.3, 0.4) is 0 Å². The van der Waals surface area contributed by atoms with Crippen molar-refractivity contribution in [1.82, 2.24) is 19.6 Å². The molecule has 0 radical (unpaired) electrons. The van der Waals surface area contributed by atoms with Crippen LogP contribution < -0.4 is 5.43 Å². The summed E-state index contributed by atoms with van der Waals surface area (Å²) < 4.78 is 29.4. The van der Waals surface area contributed by atoms with Gasteiger partial charge in [-0.1, -0.05) is 26.7 Å². The van der Waals surface area contributed by atoms with Crippen molar-refractivity contribution < 1.29 is 13.5 Å². The second-order valence-electron chi connectivity index (χ2n) is 13.2. The fourth-order valence-corrected chi connectivity index (χ4v) is 11.1. The van der Waals surface area contributed by atoms with Gasteiger partial charge in [0.2, 0.25) is 10.0 Å². The highest BCUT2D eigenvalue weighted by molar-refractivity contribution is 7.89. The molecule has 208 valence electrons. The SMILES string of the molecule is CC1CC(S(=O)(=O)N2CCCCN3C(C2)[C@H](C2CCC(C4CCCC(C)C4C)CC2)[C@H]3CO)N(C)N1. The third-order valence-corrected chi connectivity index (χ3v) is 13.5. The highest BCUT2D eigenvalue weighted by atomic mass is 32.2. The summed E-state index contributed by atoms with van der Waals surface area (Å²) in [5, 5.41) is 11.7. The Morgan fingerprint density at radius 2 is 1.61 bits per heavy atom. The molecule has 7 nitrogen and oxygen atoms in total. The zero-order chi connectivity index (χ0) is 25.6. The van der Waals surface area contributed by atoms with E-state index in [4.69, 9.17) is 0 Å². The molecule has 0 aromatic rings. The lowest BCUT2D eigenvalue weighted by atomic mass is 9.60. The van der Waals surface area contributed by atoms with E-state index in [1.807, 2.05) is 11.4 Å². The minimum atomic E-state index is -3.41. The smallest absolute Gasteiger partial charge is 0.231 e. The predicted octanol–water partition coefficient (Wildman–Crippen LogP) is 3.51. The molecule has 6 unspecified atom stereocenters. The summed E-state index contributed by atoms with van der Waals surface area (Å²) in [6.45, 7) is 9.43. The molecule has 5 aliphatic rings. The van der Waals surface area contributed by atoms with Gasteiger partial charge < -0.3 is 5.11 Å². The number of rotatable bonds is 5. The average molecular weight is 525 g/mol. The molecule has 5 fully saturated rings. The Labute approximate surface area is 220 Å². The lowest BCUT2D eigenvalue weighted by Gasteiger charge is -2.60. The molecule has 2 N–H and O–H groups in total. The van der Waals surface area contributed by atoms with Crippen molar-refractivity contribution in [2.45, 2.75) is 108 Å². The van der Waals surface area contributed by atoms with Gasteiger partial charge in [0.05, 0.1) is 6.61 Å². The minimum Gasteiger partial charge on any atom is -0.395 e. The number of hydrogen-bond acceptors (Lipinski definition) is 6. The molecule has 8 atom stereocenters. The number of aliphatic hydroxyl groups excluding tert-OH is 1. The first-order valence-electron chi connectivity index (χ1n) is 15.1. The summed E-state index contributed by atoms with van der Waals surface area (Å²) in [5.41, 5.74) is 3.27. The van der Waals surface area contributed by atoms with Gasteiger partial charge in [0.15, 0.2) is 0 Å². The molecule has 36 heavy (non-hydrogen) atoms. The second-order valence-corrected chi connectivity index (χ2v) is 15.3. The van der Waals surface area contributed by atoms with Crippen molar-refractivity contribution in [2.24, 2.45) is 35.5 Å². The molecule has 5 rings (SSSR count). The van der Waals surface area contributed by atoms with E-state index < -0.39 is 15.4 Å². The van der Waals surface area contributed by atoms with E-state index in [1.165, 1.54) is 44.9 Å². The van der Waals surface area contributed by atoms with Crippen molar-refractivity contribution in [3.63, 3.8) is 0 Å². The molecule has 3 aliphatic heterocycles. The van der Waals surface area contributed by atoms with E-state index in [2.05, 4.69) is 31.1 Å². The van der Waals surface area contributed by atoms with Crippen molar-refractivity contribution >= 4 is 10.0 Å². The fourth-order valence-electron chi connectivity index (χ4n) is 9.05. The van der Waals surface area contributed by atoms with Crippen LogP contribution in [0.1, 0.15) is 85.0 Å². The van der Waals surface area contributed by atoms with E-state index >= 15 is 0 Å². The maximum Gasteiger partial charge on any atom is 0.231 e. The minimum absolute atomic E-state index is 0.182. The van der Waals surface area contributed by atoms with Gasteiger partial charge in [-0.05, 0) is 100 Å². The fraction of sp³-hybridized carbons (Fsp3) is 1.00. The molecule has 0 amide bonds. The van der Waals surface area contributed by atoms with Crippen LogP contribution in [-0.4, -0.2) is 84.5 Å². The number of nitrogens with one attached hydrogen (secondary N) is 1. The Hall–Kier alpha value is -0.250. The Morgan fingerprint density at radius 3 is 2.28 bits per heavy atom. The van der Waals surface area contributed by atoms with Crippen molar-refractivity contribution in [1.29, 1.82) is 0 Å². The van der Waals surface area contributed by atoms with Crippen LogP contribution in [0.15, 0.2) is 0 Å². The molecule has 0 aromatic carbocycles. The van der Waals surface area contributed by atoms with Gasteiger partial charge in [-0.2, -0.15) is 4.31 Å². The van der Waals surface area contributed by atoms with Gasteiger partial charge in [0.1, 0.15) is 5.37 Å². The van der Waals surface area contributed by atoms with Crippen molar-refractivity contribution in [3.05, 3.63) is 0 Å². The van der Waals surface area contributed by atoms with E-state index in [0.717, 1.165) is 43.1 Å². The standard InChI is InChI=1S/C28H52N4O3S/c1-19-8-7-9-24(21(19)3)22-10-12-23(13-11-22)28-25-17-31(14-5-6-15-32(25)26(28)18-33)36(34,35)27-16-20(2)29-30(27)4/h19-29,33H,5-18H2,1-4H3/t19?,20?,21?,22?,23?,24?,25?,26-,27?,28+/m1/s1. The van der Waals surface area contributed by atoms with Gasteiger partial charge in [-0.3, -0.25) is 10.3 Å². The zero-order valence-electron chi connectivity index (χ0n) is 23.2. The number of nitrogens with zero attached hydrogens (tertiary/aromatic N) is 3. The molecule has 2 saturated carbocycles. The van der Waals surface area contributed by atoms with Crippen LogP contribution >= 0.6 is 0 Å². The number of hydrazine groups is 1. The first-order chi connectivity index (χ1) is 17.2. The topological polar surface area (TPSA) is 76.1 Å². The second kappa shape index (κ2) is 11.1. The largest absolute Gasteiger partial charge is 0.395 e. The van der Waals surface area contributed by atoms with E-state index in [-0.39, 0.29) is 24.7 Å². The molecule has 8 heteroatoms. The van der Waals surface area contributed by atoms with Crippen LogP contribution in [-0.2, 0) is 10.0 Å². The lowest BCUT2D eigenvalue weighted by molar-refractivity contribution is -0.123. The first-order valence-corrected chi connectivity index (χ1v) is 16.6. The van der Waals surface area contributed by atoms with Crippen LogP contribution in [0.25, 0.3) is 0 Å². The van der Waals surface area contributed by atoms with Crippen LogP contribution in [0.2, 0.25) is 0 Å². The Bertz CT molecular complexity index is 848. The third kappa shape index (κ3) is 5.04. The van der Waals surface area contributed by atoms with Gasteiger partial charge >= 0.3 is 0 Å². The van der Waals surface area contributed by atoms with Gasteiger partial charge in [0, 0.05) is 38.3 Å². The van der Waals surface area contributed by atoms with E-state index in [9.17, 15) is 13.5 Å². The zero-order valence-corrected chi connectivity index (χ0v) is 24.0. The van der Waals surface area contributed by atoms with Crippen LogP contribution in [0, 0.1) is 35.5 Å². The highest BCUT2D eigenvalue weighted by Crippen LogP contribution is 2.50. The van der Waals surface area contributed by atoms with E-state index in [0.29, 0.717) is 31.3 Å². The number of sulfonamides is 1. The first kappa shape index (κ1) is 27.3. The molecule has 0 spiro atoms. The summed E-state index contributed by atoms with van der Waals surface area (Å²) in [7, 11) is -1.55. The van der Waals surface area contributed by atoms with Crippen molar-refractivity contribution in [2.75, 3.05) is 33.3 Å². The quantitative estimate of drug-likeness (QED) is 0.573. The van der Waals surface area contributed by atoms with Gasteiger partial charge in [0.25, 0.3) is 0 Å². The summed E-state index contributed by atoms with van der Waals surface area (Å²) >= 11 is 0.